The zero-order valence-electron chi connectivity index (χ0n) is 26.5. The summed E-state index contributed by atoms with van der Waals surface area (Å²) in [6, 6.07) is 18.7. The molecule has 0 saturated carbocycles. The predicted molar refractivity (Wildman–Crippen MR) is 185 cm³/mol. The molecule has 0 spiro atoms. The number of thiophene rings is 1. The van der Waals surface area contributed by atoms with Gasteiger partial charge in [0.1, 0.15) is 11.8 Å². The summed E-state index contributed by atoms with van der Waals surface area (Å²) in [4.78, 5) is 36.6. The molecule has 0 bridgehead atoms. The molecule has 4 aromatic rings. The van der Waals surface area contributed by atoms with E-state index in [1.54, 1.807) is 6.07 Å². The van der Waals surface area contributed by atoms with Gasteiger partial charge in [0.05, 0.1) is 11.5 Å². The van der Waals surface area contributed by atoms with Crippen molar-refractivity contribution < 1.29 is 14.3 Å². The zero-order valence-corrected chi connectivity index (χ0v) is 28.1. The Kier molecular flexibility index (Phi) is 12.6. The van der Waals surface area contributed by atoms with E-state index in [0.717, 1.165) is 45.9 Å². The Hall–Kier alpha value is -3.73. The Morgan fingerprint density at radius 2 is 1.56 bits per heavy atom. The van der Waals surface area contributed by atoms with Crippen molar-refractivity contribution in [2.45, 2.75) is 77.7 Å². The van der Waals surface area contributed by atoms with Gasteiger partial charge >= 0.3 is 0 Å². The standard InChI is InChI=1S/C35H43N5O3S2/c1-5-6-7-8-9-20-43-28-16-14-25(15-17-28)27-22-37-32(38-23-27)26-12-10-24(11-13-26)21-29(33(41)40-45-36)39-34(42)30-18-19-31(44-30)35(2,3)4/h10-19,22-23,29H,5-9,20-21,36H2,1-4H3,(H,39,42)(H,40,41). The third kappa shape index (κ3) is 10.1. The number of carbonyl (C=O) groups is 2. The van der Waals surface area contributed by atoms with Crippen molar-refractivity contribution in [2.24, 2.45) is 5.14 Å². The third-order valence-corrected chi connectivity index (χ3v) is 9.19. The first-order valence-electron chi connectivity index (χ1n) is 15.4. The van der Waals surface area contributed by atoms with E-state index < -0.39 is 6.04 Å². The highest BCUT2D eigenvalue weighted by Gasteiger charge is 2.24. The molecular weight excluding hydrogens is 603 g/mol. The molecule has 2 aromatic carbocycles. The maximum Gasteiger partial charge on any atom is 0.262 e. The van der Waals surface area contributed by atoms with Crippen LogP contribution in [0.3, 0.4) is 0 Å². The van der Waals surface area contributed by atoms with Crippen LogP contribution < -0.4 is 19.9 Å². The fourth-order valence-electron chi connectivity index (χ4n) is 4.72. The first-order chi connectivity index (χ1) is 21.7. The number of hydrogen-bond acceptors (Lipinski definition) is 8. The Labute approximate surface area is 274 Å². The number of amides is 2. The lowest BCUT2D eigenvalue weighted by atomic mass is 9.95. The van der Waals surface area contributed by atoms with Crippen LogP contribution in [-0.2, 0) is 16.6 Å². The SMILES string of the molecule is CCCCCCCOc1ccc(-c2cnc(-c3ccc(CC(NC(=O)c4ccc(C(C)(C)C)s4)C(=O)NSN)cc3)nc2)cc1. The van der Waals surface area contributed by atoms with E-state index in [9.17, 15) is 9.59 Å². The van der Waals surface area contributed by atoms with Crippen molar-refractivity contribution in [3.05, 3.63) is 88.4 Å². The summed E-state index contributed by atoms with van der Waals surface area (Å²) in [6.07, 6.45) is 10.0. The summed E-state index contributed by atoms with van der Waals surface area (Å²) in [5, 5.41) is 8.36. The molecule has 8 nitrogen and oxygen atoms in total. The van der Waals surface area contributed by atoms with Gasteiger partial charge in [-0.05, 0) is 47.2 Å². The summed E-state index contributed by atoms with van der Waals surface area (Å²) in [5.41, 5.74) is 3.61. The van der Waals surface area contributed by atoms with Gasteiger partial charge in [0.2, 0.25) is 0 Å². The molecular formula is C35H43N5O3S2. The molecule has 2 amide bonds. The van der Waals surface area contributed by atoms with E-state index in [-0.39, 0.29) is 17.2 Å². The molecule has 2 aromatic heterocycles. The highest BCUT2D eigenvalue weighted by atomic mass is 32.2. The fraction of sp³-hybridized carbons (Fsp3) is 0.371. The highest BCUT2D eigenvalue weighted by Crippen LogP contribution is 2.29. The van der Waals surface area contributed by atoms with Gasteiger partial charge in [-0.1, -0.05) is 89.8 Å². The van der Waals surface area contributed by atoms with Crippen molar-refractivity contribution in [3.8, 4) is 28.3 Å². The van der Waals surface area contributed by atoms with Gasteiger partial charge in [-0.15, -0.1) is 11.3 Å². The number of nitrogens with one attached hydrogen (secondary N) is 2. The number of unbranched alkanes of at least 4 members (excludes halogenated alkanes) is 4. The molecule has 0 radical (unpaired) electrons. The Balaban J connectivity index is 1.36. The van der Waals surface area contributed by atoms with Crippen LogP contribution in [0.5, 0.6) is 5.75 Å². The summed E-state index contributed by atoms with van der Waals surface area (Å²) >= 11 is 2.15. The van der Waals surface area contributed by atoms with Crippen LogP contribution in [0.25, 0.3) is 22.5 Å². The fourth-order valence-corrected chi connectivity index (χ4v) is 5.95. The van der Waals surface area contributed by atoms with Gasteiger partial charge in [-0.25, -0.2) is 9.97 Å². The average Bonchev–Trinajstić information content (AvgIpc) is 3.55. The van der Waals surface area contributed by atoms with Crippen LogP contribution in [0.4, 0.5) is 0 Å². The molecule has 10 heteroatoms. The Bertz CT molecular complexity index is 1510. The van der Waals surface area contributed by atoms with Crippen molar-refractivity contribution in [1.82, 2.24) is 20.0 Å². The van der Waals surface area contributed by atoms with Crippen LogP contribution in [0.15, 0.2) is 73.1 Å². The van der Waals surface area contributed by atoms with Gasteiger partial charge < -0.3 is 10.1 Å². The lowest BCUT2D eigenvalue weighted by Gasteiger charge is -2.18. The molecule has 45 heavy (non-hydrogen) atoms. The summed E-state index contributed by atoms with van der Waals surface area (Å²) < 4.78 is 8.43. The predicted octanol–water partition coefficient (Wildman–Crippen LogP) is 7.50. The van der Waals surface area contributed by atoms with Crippen molar-refractivity contribution in [2.75, 3.05) is 6.61 Å². The number of rotatable bonds is 15. The molecule has 4 N–H and O–H groups in total. The molecule has 0 aliphatic rings. The van der Waals surface area contributed by atoms with Gasteiger partial charge in [0, 0.05) is 47.0 Å². The minimum atomic E-state index is -0.794. The molecule has 0 aliphatic carbocycles. The Morgan fingerprint density at radius 3 is 2.18 bits per heavy atom. The average molecular weight is 646 g/mol. The molecule has 1 unspecified atom stereocenters. The number of nitrogens with zero attached hydrogens (tertiary/aromatic N) is 2. The number of nitrogens with two attached hydrogens (primary N) is 1. The lowest BCUT2D eigenvalue weighted by molar-refractivity contribution is -0.121. The van der Waals surface area contributed by atoms with Gasteiger partial charge in [-0.3, -0.25) is 19.5 Å². The van der Waals surface area contributed by atoms with Crippen LogP contribution in [0.1, 0.15) is 79.9 Å². The second kappa shape index (κ2) is 16.5. The summed E-state index contributed by atoms with van der Waals surface area (Å²) in [7, 11) is 0. The molecule has 0 saturated heterocycles. The van der Waals surface area contributed by atoms with Crippen molar-refractivity contribution in [3.63, 3.8) is 0 Å². The molecule has 0 fully saturated rings. The van der Waals surface area contributed by atoms with Gasteiger partial charge in [0.25, 0.3) is 11.8 Å². The number of aromatic nitrogens is 2. The van der Waals surface area contributed by atoms with E-state index in [1.807, 2.05) is 67.0 Å². The largest absolute Gasteiger partial charge is 0.494 e. The van der Waals surface area contributed by atoms with Crippen LogP contribution >= 0.6 is 23.5 Å². The summed E-state index contributed by atoms with van der Waals surface area (Å²) in [5.74, 6) is 0.813. The number of carbonyl (C=O) groups excluding carboxylic acids is 2. The molecule has 2 heterocycles. The van der Waals surface area contributed by atoms with Crippen molar-refractivity contribution in [1.29, 1.82) is 0 Å². The first kappa shape index (κ1) is 34.1. The minimum absolute atomic E-state index is 0.0599. The van der Waals surface area contributed by atoms with Crippen LogP contribution in [0.2, 0.25) is 0 Å². The maximum absolute atomic E-state index is 13.0. The first-order valence-corrected chi connectivity index (χ1v) is 17.1. The van der Waals surface area contributed by atoms with Crippen molar-refractivity contribution >= 4 is 35.3 Å². The number of ether oxygens (including phenoxy) is 1. The molecule has 4 rings (SSSR count). The molecule has 0 aliphatic heterocycles. The van der Waals surface area contributed by atoms with E-state index in [4.69, 9.17) is 9.88 Å². The van der Waals surface area contributed by atoms with Gasteiger partial charge in [0.15, 0.2) is 5.82 Å². The van der Waals surface area contributed by atoms with E-state index in [0.29, 0.717) is 29.3 Å². The highest BCUT2D eigenvalue weighted by molar-refractivity contribution is 7.95. The maximum atomic E-state index is 13.0. The van der Waals surface area contributed by atoms with E-state index in [2.05, 4.69) is 47.7 Å². The second-order valence-electron chi connectivity index (χ2n) is 12.0. The van der Waals surface area contributed by atoms with Crippen LogP contribution in [0, 0.1) is 0 Å². The lowest BCUT2D eigenvalue weighted by Crippen LogP contribution is -2.46. The monoisotopic (exact) mass is 645 g/mol. The quantitative estimate of drug-likeness (QED) is 0.0905. The Morgan fingerprint density at radius 1 is 0.889 bits per heavy atom. The smallest absolute Gasteiger partial charge is 0.262 e. The third-order valence-electron chi connectivity index (χ3n) is 7.36. The normalized spacial score (nSPS) is 12.0. The van der Waals surface area contributed by atoms with Crippen LogP contribution in [-0.4, -0.2) is 34.4 Å². The summed E-state index contributed by atoms with van der Waals surface area (Å²) in [6.45, 7) is 9.26. The number of benzene rings is 2. The second-order valence-corrected chi connectivity index (χ2v) is 13.5. The minimum Gasteiger partial charge on any atom is -0.494 e. The molecule has 238 valence electrons. The van der Waals surface area contributed by atoms with E-state index >= 15 is 0 Å². The molecule has 1 atom stereocenters. The van der Waals surface area contributed by atoms with E-state index in [1.165, 1.54) is 37.0 Å². The number of hydrogen-bond donors (Lipinski definition) is 3. The zero-order chi connectivity index (χ0) is 32.2. The topological polar surface area (TPSA) is 119 Å². The van der Waals surface area contributed by atoms with Gasteiger partial charge in [-0.2, -0.15) is 0 Å².